The first-order chi connectivity index (χ1) is 11.4. The highest BCUT2D eigenvalue weighted by molar-refractivity contribution is 6.09. The molecule has 4 nitrogen and oxygen atoms in total. The molecule has 4 aromatic rings. The second-order valence-electron chi connectivity index (χ2n) is 6.36. The van der Waals surface area contributed by atoms with E-state index < -0.39 is 5.60 Å². The van der Waals surface area contributed by atoms with Crippen molar-refractivity contribution in [3.8, 4) is 11.3 Å². The van der Waals surface area contributed by atoms with Gasteiger partial charge in [-0.15, -0.1) is 0 Å². The molecule has 0 aliphatic rings. The number of para-hydroxylation sites is 1. The summed E-state index contributed by atoms with van der Waals surface area (Å²) in [6.45, 7) is 3.37. The monoisotopic (exact) mass is 321 g/mol. The summed E-state index contributed by atoms with van der Waals surface area (Å²) in [7, 11) is 0. The van der Waals surface area contributed by atoms with E-state index in [1.807, 2.05) is 30.3 Å². The molecule has 3 aromatic heterocycles. The van der Waals surface area contributed by atoms with E-state index >= 15 is 0 Å². The largest absolute Gasteiger partial charge is 0.384 e. The Morgan fingerprint density at radius 3 is 2.54 bits per heavy atom. The van der Waals surface area contributed by atoms with Crippen molar-refractivity contribution in [3.05, 3.63) is 60.6 Å². The Hall–Kier alpha value is -2.79. The van der Waals surface area contributed by atoms with Gasteiger partial charge in [0.25, 0.3) is 0 Å². The summed E-state index contributed by atoms with van der Waals surface area (Å²) in [4.78, 5) is 9.65. The van der Waals surface area contributed by atoms with Gasteiger partial charge in [0.1, 0.15) is 5.60 Å². The summed E-state index contributed by atoms with van der Waals surface area (Å²) in [5, 5.41) is 11.5. The first-order valence-electron chi connectivity index (χ1n) is 7.70. The molecule has 0 saturated carbocycles. The van der Waals surface area contributed by atoms with Crippen molar-refractivity contribution < 1.29 is 9.59 Å². The van der Waals surface area contributed by atoms with Crippen LogP contribution >= 0.6 is 0 Å². The van der Waals surface area contributed by atoms with E-state index in [1.54, 1.807) is 32.2 Å². The standard InChI is InChI=1S/C19H16FN3O/c1-19(2,24)16-8-7-12(11-21-16)17-14-9-10-23(20)18(14)13-5-3-4-6-15(13)22-17/h3-11,24H,1-2H3. The van der Waals surface area contributed by atoms with Crippen LogP contribution in [0.5, 0.6) is 0 Å². The molecule has 0 fully saturated rings. The molecule has 0 saturated heterocycles. The van der Waals surface area contributed by atoms with E-state index in [4.69, 9.17) is 4.98 Å². The van der Waals surface area contributed by atoms with Gasteiger partial charge in [-0.1, -0.05) is 22.7 Å². The van der Waals surface area contributed by atoms with Crippen molar-refractivity contribution in [3.63, 3.8) is 0 Å². The van der Waals surface area contributed by atoms with Gasteiger partial charge in [-0.3, -0.25) is 4.98 Å². The van der Waals surface area contributed by atoms with Crippen LogP contribution in [0.25, 0.3) is 33.1 Å². The normalized spacial score (nSPS) is 12.2. The van der Waals surface area contributed by atoms with Crippen LogP contribution in [0.1, 0.15) is 19.5 Å². The Labute approximate surface area is 138 Å². The van der Waals surface area contributed by atoms with Gasteiger partial charge in [-0.25, -0.2) is 4.98 Å². The lowest BCUT2D eigenvalue weighted by Crippen LogP contribution is -2.17. The fourth-order valence-corrected chi connectivity index (χ4v) is 2.93. The predicted octanol–water partition coefficient (Wildman–Crippen LogP) is 4.21. The fourth-order valence-electron chi connectivity index (χ4n) is 2.93. The summed E-state index contributed by atoms with van der Waals surface area (Å²) in [5.74, 6) is 0. The van der Waals surface area contributed by atoms with Crippen molar-refractivity contribution in [2.24, 2.45) is 0 Å². The minimum Gasteiger partial charge on any atom is -0.384 e. The molecule has 1 aromatic carbocycles. The Morgan fingerprint density at radius 1 is 1.04 bits per heavy atom. The van der Waals surface area contributed by atoms with Gasteiger partial charge in [0.2, 0.25) is 0 Å². The van der Waals surface area contributed by atoms with Gasteiger partial charge < -0.3 is 5.11 Å². The van der Waals surface area contributed by atoms with Crippen LogP contribution in [0.3, 0.4) is 0 Å². The van der Waals surface area contributed by atoms with Crippen molar-refractivity contribution >= 4 is 21.8 Å². The maximum Gasteiger partial charge on any atom is 0.101 e. The summed E-state index contributed by atoms with van der Waals surface area (Å²) in [6, 6.07) is 12.8. The summed E-state index contributed by atoms with van der Waals surface area (Å²) in [6.07, 6.45) is 3.06. The maximum absolute atomic E-state index is 14.2. The number of pyridine rings is 2. The molecule has 0 spiro atoms. The van der Waals surface area contributed by atoms with Gasteiger partial charge in [0.05, 0.1) is 22.4 Å². The van der Waals surface area contributed by atoms with E-state index in [2.05, 4.69) is 4.98 Å². The van der Waals surface area contributed by atoms with Gasteiger partial charge >= 0.3 is 0 Å². The topological polar surface area (TPSA) is 50.9 Å². The number of nitrogens with zero attached hydrogens (tertiary/aromatic N) is 3. The van der Waals surface area contributed by atoms with Crippen molar-refractivity contribution in [1.82, 2.24) is 14.8 Å². The Morgan fingerprint density at radius 2 is 1.83 bits per heavy atom. The van der Waals surface area contributed by atoms with Crippen molar-refractivity contribution in [2.75, 3.05) is 0 Å². The number of rotatable bonds is 2. The molecule has 0 atom stereocenters. The van der Waals surface area contributed by atoms with Gasteiger partial charge in [0.15, 0.2) is 0 Å². The van der Waals surface area contributed by atoms with Gasteiger partial charge in [0, 0.05) is 28.7 Å². The van der Waals surface area contributed by atoms with Crippen molar-refractivity contribution in [2.45, 2.75) is 19.4 Å². The third-order valence-corrected chi connectivity index (χ3v) is 4.15. The lowest BCUT2D eigenvalue weighted by atomic mass is 10.0. The maximum atomic E-state index is 14.2. The molecule has 0 aliphatic carbocycles. The molecule has 24 heavy (non-hydrogen) atoms. The third-order valence-electron chi connectivity index (χ3n) is 4.15. The van der Waals surface area contributed by atoms with Crippen LogP contribution in [0.2, 0.25) is 0 Å². The molecule has 5 heteroatoms. The van der Waals surface area contributed by atoms with Crippen LogP contribution < -0.4 is 0 Å². The highest BCUT2D eigenvalue weighted by atomic mass is 19.2. The number of aromatic nitrogens is 3. The zero-order valence-corrected chi connectivity index (χ0v) is 13.4. The zero-order chi connectivity index (χ0) is 16.9. The zero-order valence-electron chi connectivity index (χ0n) is 13.4. The van der Waals surface area contributed by atoms with Crippen LogP contribution in [-0.2, 0) is 5.60 Å². The van der Waals surface area contributed by atoms with E-state index in [0.29, 0.717) is 21.7 Å². The van der Waals surface area contributed by atoms with Crippen LogP contribution in [-0.4, -0.2) is 19.9 Å². The van der Waals surface area contributed by atoms with E-state index in [9.17, 15) is 9.59 Å². The fraction of sp³-hybridized carbons (Fsp3) is 0.158. The molecule has 0 unspecified atom stereocenters. The Kier molecular flexibility index (Phi) is 3.15. The number of fused-ring (bicyclic) bond motifs is 3. The minimum absolute atomic E-state index is 0.502. The van der Waals surface area contributed by atoms with Crippen LogP contribution in [0.4, 0.5) is 4.48 Å². The predicted molar refractivity (Wildman–Crippen MR) is 92.2 cm³/mol. The average molecular weight is 321 g/mol. The highest BCUT2D eigenvalue weighted by Gasteiger charge is 2.19. The Balaban J connectivity index is 1.99. The number of halogens is 1. The molecular formula is C19H16FN3O. The summed E-state index contributed by atoms with van der Waals surface area (Å²) in [5.41, 5.74) is 2.25. The average Bonchev–Trinajstić information content (AvgIpc) is 2.96. The lowest BCUT2D eigenvalue weighted by Gasteiger charge is -2.16. The minimum atomic E-state index is -1.01. The molecular weight excluding hydrogens is 305 g/mol. The number of hydrogen-bond acceptors (Lipinski definition) is 3. The highest BCUT2D eigenvalue weighted by Crippen LogP contribution is 2.33. The molecule has 4 rings (SSSR count). The SMILES string of the molecule is CC(C)(O)c1ccc(-c2nc3ccccc3c3c2ccn3F)cn1. The van der Waals surface area contributed by atoms with Gasteiger partial charge in [-0.05, 0) is 38.1 Å². The quantitative estimate of drug-likeness (QED) is 0.601. The molecule has 0 aliphatic heterocycles. The molecule has 0 radical (unpaired) electrons. The molecule has 120 valence electrons. The van der Waals surface area contributed by atoms with E-state index in [0.717, 1.165) is 21.9 Å². The lowest BCUT2D eigenvalue weighted by molar-refractivity contribution is 0.0739. The molecule has 0 bridgehead atoms. The van der Waals surface area contributed by atoms with Crippen LogP contribution in [0, 0.1) is 0 Å². The molecule has 3 heterocycles. The number of benzene rings is 1. The van der Waals surface area contributed by atoms with Gasteiger partial charge in [-0.2, -0.15) is 4.79 Å². The first-order valence-corrected chi connectivity index (χ1v) is 7.70. The van der Waals surface area contributed by atoms with Crippen molar-refractivity contribution in [1.29, 1.82) is 0 Å². The first kappa shape index (κ1) is 14.8. The number of hydrogen-bond donors (Lipinski definition) is 1. The summed E-state index contributed by atoms with van der Waals surface area (Å²) < 4.78 is 14.2. The molecule has 0 amide bonds. The second-order valence-corrected chi connectivity index (χ2v) is 6.36. The smallest absolute Gasteiger partial charge is 0.101 e. The molecule has 1 N–H and O–H groups in total. The summed E-state index contributed by atoms with van der Waals surface area (Å²) >= 11 is 0. The van der Waals surface area contributed by atoms with E-state index in [-0.39, 0.29) is 0 Å². The Bertz CT molecular complexity index is 1050. The number of aliphatic hydroxyl groups is 1. The van der Waals surface area contributed by atoms with Crippen LogP contribution in [0.15, 0.2) is 54.9 Å². The second kappa shape index (κ2) is 5.11. The third kappa shape index (κ3) is 2.25. The van der Waals surface area contributed by atoms with E-state index in [1.165, 1.54) is 6.20 Å².